The number of benzene rings is 3. The molecular formula is C24H19N3O. The number of nitrogens with zero attached hydrogens (tertiary/aromatic N) is 1. The van der Waals surface area contributed by atoms with Crippen molar-refractivity contribution in [3.63, 3.8) is 0 Å². The fourth-order valence-corrected chi connectivity index (χ4v) is 3.01. The van der Waals surface area contributed by atoms with Gasteiger partial charge < -0.3 is 11.1 Å². The van der Waals surface area contributed by atoms with E-state index in [0.29, 0.717) is 11.4 Å². The third kappa shape index (κ3) is 3.91. The normalized spacial score (nSPS) is 11.0. The summed E-state index contributed by atoms with van der Waals surface area (Å²) < 4.78 is 0. The summed E-state index contributed by atoms with van der Waals surface area (Å²) in [6.07, 6.45) is 3.29. The molecule has 0 spiro atoms. The van der Waals surface area contributed by atoms with Gasteiger partial charge in [0.15, 0.2) is 0 Å². The zero-order chi connectivity index (χ0) is 19.3. The number of nitrogens with two attached hydrogens (primary N) is 1. The number of anilines is 2. The summed E-state index contributed by atoms with van der Waals surface area (Å²) in [4.78, 5) is 16.9. The van der Waals surface area contributed by atoms with E-state index >= 15 is 0 Å². The Morgan fingerprint density at radius 3 is 2.36 bits per heavy atom. The lowest BCUT2D eigenvalue weighted by molar-refractivity contribution is -0.111. The summed E-state index contributed by atoms with van der Waals surface area (Å²) in [7, 11) is 0. The van der Waals surface area contributed by atoms with Crippen LogP contribution in [0.2, 0.25) is 0 Å². The molecule has 4 rings (SSSR count). The Kier molecular flexibility index (Phi) is 4.85. The lowest BCUT2D eigenvalue weighted by Gasteiger charge is -2.09. The fraction of sp³-hybridized carbons (Fsp3) is 0. The maximum Gasteiger partial charge on any atom is 0.248 e. The molecule has 0 aliphatic rings. The monoisotopic (exact) mass is 365 g/mol. The van der Waals surface area contributed by atoms with Crippen molar-refractivity contribution >= 4 is 34.3 Å². The van der Waals surface area contributed by atoms with Crippen LogP contribution >= 0.6 is 0 Å². The minimum Gasteiger partial charge on any atom is -0.398 e. The van der Waals surface area contributed by atoms with E-state index in [1.54, 1.807) is 6.08 Å². The average Bonchev–Trinajstić information content (AvgIpc) is 2.74. The molecule has 4 nitrogen and oxygen atoms in total. The van der Waals surface area contributed by atoms with Crippen molar-refractivity contribution < 1.29 is 4.79 Å². The number of hydrogen-bond donors (Lipinski definition) is 2. The Bertz CT molecular complexity index is 1150. The van der Waals surface area contributed by atoms with Crippen LogP contribution in [0.1, 0.15) is 5.56 Å². The van der Waals surface area contributed by atoms with Gasteiger partial charge in [-0.3, -0.25) is 4.79 Å². The minimum atomic E-state index is -0.198. The number of amides is 1. The summed E-state index contributed by atoms with van der Waals surface area (Å²) >= 11 is 0. The number of nitrogens with one attached hydrogen (secondary N) is 1. The molecule has 4 aromatic rings. The van der Waals surface area contributed by atoms with E-state index in [4.69, 9.17) is 10.7 Å². The van der Waals surface area contributed by atoms with Crippen molar-refractivity contribution in [3.8, 4) is 11.3 Å². The third-order valence-corrected chi connectivity index (χ3v) is 4.40. The van der Waals surface area contributed by atoms with Crippen LogP contribution in [-0.2, 0) is 4.79 Å². The van der Waals surface area contributed by atoms with E-state index in [2.05, 4.69) is 5.32 Å². The van der Waals surface area contributed by atoms with Crippen molar-refractivity contribution in [2.45, 2.75) is 0 Å². The van der Waals surface area contributed by atoms with Crippen LogP contribution in [0.15, 0.2) is 91.0 Å². The van der Waals surface area contributed by atoms with Gasteiger partial charge in [0, 0.05) is 28.4 Å². The van der Waals surface area contributed by atoms with Crippen molar-refractivity contribution in [2.75, 3.05) is 11.1 Å². The number of carbonyl (C=O) groups is 1. The summed E-state index contributed by atoms with van der Waals surface area (Å²) in [6.45, 7) is 0. The molecule has 0 aliphatic carbocycles. The van der Waals surface area contributed by atoms with E-state index in [0.717, 1.165) is 27.7 Å². The first-order valence-corrected chi connectivity index (χ1v) is 8.99. The second kappa shape index (κ2) is 7.76. The van der Waals surface area contributed by atoms with Crippen LogP contribution in [0.25, 0.3) is 28.2 Å². The van der Waals surface area contributed by atoms with Gasteiger partial charge in [0.25, 0.3) is 0 Å². The van der Waals surface area contributed by atoms with E-state index in [9.17, 15) is 4.79 Å². The molecule has 0 unspecified atom stereocenters. The number of pyridine rings is 1. The van der Waals surface area contributed by atoms with Gasteiger partial charge in [-0.05, 0) is 35.9 Å². The standard InChI is InChI=1S/C24H19N3O/c25-21-16-23(18-9-5-2-6-10-18)27-22-13-12-19(15-20(21)22)26-24(28)14-11-17-7-3-1-4-8-17/h1-16H,(H2,25,27)(H,26,28). The highest BCUT2D eigenvalue weighted by Gasteiger charge is 2.07. The predicted octanol–water partition coefficient (Wildman–Crippen LogP) is 5.14. The molecule has 3 aromatic carbocycles. The topological polar surface area (TPSA) is 68.0 Å². The molecule has 0 bridgehead atoms. The second-order valence-corrected chi connectivity index (χ2v) is 6.43. The van der Waals surface area contributed by atoms with E-state index in [-0.39, 0.29) is 5.91 Å². The van der Waals surface area contributed by atoms with E-state index in [1.807, 2.05) is 84.9 Å². The first-order chi connectivity index (χ1) is 13.7. The number of rotatable bonds is 4. The van der Waals surface area contributed by atoms with Crippen LogP contribution in [-0.4, -0.2) is 10.9 Å². The van der Waals surface area contributed by atoms with Crippen LogP contribution < -0.4 is 11.1 Å². The van der Waals surface area contributed by atoms with Crippen molar-refractivity contribution in [3.05, 3.63) is 96.6 Å². The predicted molar refractivity (Wildman–Crippen MR) is 116 cm³/mol. The molecule has 3 N–H and O–H groups in total. The van der Waals surface area contributed by atoms with Gasteiger partial charge in [0.2, 0.25) is 5.91 Å². The van der Waals surface area contributed by atoms with Gasteiger partial charge in [-0.1, -0.05) is 60.7 Å². The summed E-state index contributed by atoms with van der Waals surface area (Å²) in [5, 5.41) is 3.68. The first-order valence-electron chi connectivity index (χ1n) is 8.99. The highest BCUT2D eigenvalue weighted by molar-refractivity contribution is 6.04. The number of aromatic nitrogens is 1. The summed E-state index contributed by atoms with van der Waals surface area (Å²) in [5.74, 6) is -0.198. The Balaban J connectivity index is 1.57. The van der Waals surface area contributed by atoms with Gasteiger partial charge in [-0.2, -0.15) is 0 Å². The lowest BCUT2D eigenvalue weighted by atomic mass is 10.1. The van der Waals surface area contributed by atoms with Gasteiger partial charge in [-0.15, -0.1) is 0 Å². The highest BCUT2D eigenvalue weighted by atomic mass is 16.1. The molecule has 136 valence electrons. The Labute approximate surface area is 163 Å². The van der Waals surface area contributed by atoms with E-state index < -0.39 is 0 Å². The molecule has 0 radical (unpaired) electrons. The Morgan fingerprint density at radius 1 is 0.893 bits per heavy atom. The molecule has 0 saturated carbocycles. The second-order valence-electron chi connectivity index (χ2n) is 6.43. The molecule has 0 aliphatic heterocycles. The lowest BCUT2D eigenvalue weighted by Crippen LogP contribution is -2.07. The molecule has 0 fully saturated rings. The minimum absolute atomic E-state index is 0.198. The van der Waals surface area contributed by atoms with Crippen molar-refractivity contribution in [1.82, 2.24) is 4.98 Å². The largest absolute Gasteiger partial charge is 0.398 e. The van der Waals surface area contributed by atoms with Gasteiger partial charge in [-0.25, -0.2) is 4.98 Å². The van der Waals surface area contributed by atoms with Gasteiger partial charge in [0.1, 0.15) is 0 Å². The molecule has 1 amide bonds. The van der Waals surface area contributed by atoms with Gasteiger partial charge in [0.05, 0.1) is 11.2 Å². The number of nitrogen functional groups attached to an aromatic ring is 1. The zero-order valence-corrected chi connectivity index (χ0v) is 15.2. The molecule has 0 saturated heterocycles. The Morgan fingerprint density at radius 2 is 1.61 bits per heavy atom. The van der Waals surface area contributed by atoms with E-state index in [1.165, 1.54) is 6.08 Å². The zero-order valence-electron chi connectivity index (χ0n) is 15.2. The van der Waals surface area contributed by atoms with Crippen molar-refractivity contribution in [1.29, 1.82) is 0 Å². The van der Waals surface area contributed by atoms with Crippen molar-refractivity contribution in [2.24, 2.45) is 0 Å². The molecule has 4 heteroatoms. The molecule has 0 atom stereocenters. The molecule has 1 aromatic heterocycles. The molecule has 28 heavy (non-hydrogen) atoms. The molecular weight excluding hydrogens is 346 g/mol. The van der Waals surface area contributed by atoms with Crippen LogP contribution in [0.3, 0.4) is 0 Å². The number of fused-ring (bicyclic) bond motifs is 1. The maximum atomic E-state index is 12.2. The highest BCUT2D eigenvalue weighted by Crippen LogP contribution is 2.28. The summed E-state index contributed by atoms with van der Waals surface area (Å²) in [6, 6.07) is 27.0. The quantitative estimate of drug-likeness (QED) is 0.492. The summed E-state index contributed by atoms with van der Waals surface area (Å²) in [5.41, 5.74) is 11.2. The smallest absolute Gasteiger partial charge is 0.248 e. The van der Waals surface area contributed by atoms with Crippen LogP contribution in [0, 0.1) is 0 Å². The average molecular weight is 365 g/mol. The maximum absolute atomic E-state index is 12.2. The number of carbonyl (C=O) groups excluding carboxylic acids is 1. The number of hydrogen-bond acceptors (Lipinski definition) is 3. The Hall–Kier alpha value is -3.92. The van der Waals surface area contributed by atoms with Crippen LogP contribution in [0.5, 0.6) is 0 Å². The fourth-order valence-electron chi connectivity index (χ4n) is 3.01. The SMILES string of the molecule is Nc1cc(-c2ccccc2)nc2ccc(NC(=O)C=Cc3ccccc3)cc12. The third-order valence-electron chi connectivity index (χ3n) is 4.40. The van der Waals surface area contributed by atoms with Gasteiger partial charge >= 0.3 is 0 Å². The van der Waals surface area contributed by atoms with Crippen LogP contribution in [0.4, 0.5) is 11.4 Å². The first kappa shape index (κ1) is 17.5. The molecule has 1 heterocycles.